The molecule has 3 N–H and O–H groups in total. The van der Waals surface area contributed by atoms with Gasteiger partial charge in [-0.1, -0.05) is 43.2 Å². The summed E-state index contributed by atoms with van der Waals surface area (Å²) >= 11 is 0. The number of amides is 2. The van der Waals surface area contributed by atoms with Crippen molar-refractivity contribution in [2.75, 3.05) is 6.54 Å². The van der Waals surface area contributed by atoms with Crippen molar-refractivity contribution in [3.63, 3.8) is 0 Å². The Morgan fingerprint density at radius 1 is 1.27 bits per heavy atom. The van der Waals surface area contributed by atoms with E-state index in [0.29, 0.717) is 0 Å². The molecule has 2 amide bonds. The molecule has 22 heavy (non-hydrogen) atoms. The second-order valence-corrected chi connectivity index (χ2v) is 6.27. The summed E-state index contributed by atoms with van der Waals surface area (Å²) in [5.74, 6) is -0.0621. The molecule has 3 unspecified atom stereocenters. The highest BCUT2D eigenvalue weighted by Gasteiger charge is 2.38. The monoisotopic (exact) mass is 301 g/mol. The zero-order valence-electron chi connectivity index (χ0n) is 12.7. The highest BCUT2D eigenvalue weighted by molar-refractivity contribution is 5.87. The van der Waals surface area contributed by atoms with Gasteiger partial charge in [0.1, 0.15) is 0 Å². The van der Waals surface area contributed by atoms with Gasteiger partial charge in [-0.05, 0) is 18.4 Å². The van der Waals surface area contributed by atoms with E-state index in [1.807, 2.05) is 30.3 Å². The quantitative estimate of drug-likeness (QED) is 0.885. The van der Waals surface area contributed by atoms with E-state index in [2.05, 4.69) is 5.32 Å². The smallest absolute Gasteiger partial charge is 0.239 e. The molecule has 0 spiro atoms. The Morgan fingerprint density at radius 3 is 2.77 bits per heavy atom. The zero-order valence-corrected chi connectivity index (χ0v) is 12.7. The Kier molecular flexibility index (Phi) is 4.43. The van der Waals surface area contributed by atoms with Crippen molar-refractivity contribution in [2.45, 2.75) is 50.2 Å². The number of nitrogens with zero attached hydrogens (tertiary/aromatic N) is 1. The summed E-state index contributed by atoms with van der Waals surface area (Å²) in [6, 6.07) is 9.58. The van der Waals surface area contributed by atoms with Crippen LogP contribution in [0.4, 0.5) is 0 Å². The van der Waals surface area contributed by atoms with E-state index in [0.717, 1.165) is 31.2 Å². The van der Waals surface area contributed by atoms with E-state index in [1.54, 1.807) is 4.90 Å². The lowest BCUT2D eigenvalue weighted by atomic mass is 9.87. The first-order valence-corrected chi connectivity index (χ1v) is 8.04. The molecule has 3 atom stereocenters. The molecule has 1 aromatic rings. The van der Waals surface area contributed by atoms with Crippen LogP contribution in [-0.4, -0.2) is 35.3 Å². The molecular formula is C17H23N3O2. The van der Waals surface area contributed by atoms with Crippen molar-refractivity contribution in [3.05, 3.63) is 35.9 Å². The summed E-state index contributed by atoms with van der Waals surface area (Å²) in [6.07, 6.45) is 4.42. The number of nitrogens with two attached hydrogens (primary N) is 1. The van der Waals surface area contributed by atoms with Gasteiger partial charge in [0.25, 0.3) is 0 Å². The van der Waals surface area contributed by atoms with Gasteiger partial charge in [-0.2, -0.15) is 0 Å². The van der Waals surface area contributed by atoms with Gasteiger partial charge in [0.2, 0.25) is 11.8 Å². The molecule has 118 valence electrons. The van der Waals surface area contributed by atoms with Crippen LogP contribution in [0.15, 0.2) is 30.3 Å². The third kappa shape index (κ3) is 3.14. The number of carbonyl (C=O) groups excluding carboxylic acids is 2. The minimum absolute atomic E-state index is 0.0110. The normalized spacial score (nSPS) is 26.0. The maximum absolute atomic E-state index is 12.6. The summed E-state index contributed by atoms with van der Waals surface area (Å²) in [5.41, 5.74) is 7.11. The van der Waals surface area contributed by atoms with Crippen LogP contribution in [0, 0.1) is 0 Å². The number of carbonyl (C=O) groups is 2. The lowest BCUT2D eigenvalue weighted by molar-refractivity contribution is -0.144. The van der Waals surface area contributed by atoms with Crippen molar-refractivity contribution < 1.29 is 9.59 Å². The van der Waals surface area contributed by atoms with Crippen LogP contribution in [0.2, 0.25) is 0 Å². The summed E-state index contributed by atoms with van der Waals surface area (Å²) in [6.45, 7) is 0.168. The van der Waals surface area contributed by atoms with Crippen LogP contribution >= 0.6 is 0 Å². The second-order valence-electron chi connectivity index (χ2n) is 6.27. The standard InChI is InChI=1S/C17H23N3O2/c18-13(12-6-2-1-3-7-12)10-17(22)20-11-16(21)19-14-8-4-5-9-15(14)20/h1-3,6-7,13-15H,4-5,8-11,18H2,(H,19,21). The molecule has 1 heterocycles. The van der Waals surface area contributed by atoms with Gasteiger partial charge in [-0.25, -0.2) is 0 Å². The number of rotatable bonds is 3. The molecule has 0 aromatic heterocycles. The van der Waals surface area contributed by atoms with Crippen molar-refractivity contribution in [3.8, 4) is 0 Å². The predicted octanol–water partition coefficient (Wildman–Crippen LogP) is 1.35. The van der Waals surface area contributed by atoms with E-state index in [9.17, 15) is 9.59 Å². The number of piperazine rings is 1. The van der Waals surface area contributed by atoms with Gasteiger partial charge in [-0.3, -0.25) is 9.59 Å². The fourth-order valence-electron chi connectivity index (χ4n) is 3.57. The Morgan fingerprint density at radius 2 is 2.00 bits per heavy atom. The topological polar surface area (TPSA) is 75.4 Å². The number of benzene rings is 1. The summed E-state index contributed by atoms with van der Waals surface area (Å²) in [7, 11) is 0. The van der Waals surface area contributed by atoms with E-state index in [-0.39, 0.29) is 42.9 Å². The van der Waals surface area contributed by atoms with Gasteiger partial charge in [0, 0.05) is 18.5 Å². The van der Waals surface area contributed by atoms with Crippen LogP contribution in [0.25, 0.3) is 0 Å². The van der Waals surface area contributed by atoms with Gasteiger partial charge >= 0.3 is 0 Å². The van der Waals surface area contributed by atoms with Crippen molar-refractivity contribution in [2.24, 2.45) is 5.73 Å². The second kappa shape index (κ2) is 6.48. The van der Waals surface area contributed by atoms with Gasteiger partial charge in [-0.15, -0.1) is 0 Å². The molecular weight excluding hydrogens is 278 g/mol. The third-order valence-corrected chi connectivity index (χ3v) is 4.73. The van der Waals surface area contributed by atoms with Gasteiger partial charge in [0.05, 0.1) is 12.6 Å². The molecule has 2 aliphatic rings. The molecule has 0 bridgehead atoms. The number of fused-ring (bicyclic) bond motifs is 1. The maximum atomic E-state index is 12.6. The fraction of sp³-hybridized carbons (Fsp3) is 0.529. The third-order valence-electron chi connectivity index (χ3n) is 4.73. The Hall–Kier alpha value is -1.88. The fourth-order valence-corrected chi connectivity index (χ4v) is 3.57. The average molecular weight is 301 g/mol. The maximum Gasteiger partial charge on any atom is 0.239 e. The summed E-state index contributed by atoms with van der Waals surface area (Å²) < 4.78 is 0. The Bertz CT molecular complexity index is 546. The van der Waals surface area contributed by atoms with Crippen molar-refractivity contribution in [1.82, 2.24) is 10.2 Å². The number of hydrogen-bond donors (Lipinski definition) is 2. The zero-order chi connectivity index (χ0) is 15.5. The lowest BCUT2D eigenvalue weighted by Crippen LogP contribution is -2.63. The minimum atomic E-state index is -0.319. The lowest BCUT2D eigenvalue weighted by Gasteiger charge is -2.44. The van der Waals surface area contributed by atoms with Crippen LogP contribution in [0.3, 0.4) is 0 Å². The molecule has 1 aromatic carbocycles. The molecule has 0 radical (unpaired) electrons. The van der Waals surface area contributed by atoms with E-state index >= 15 is 0 Å². The van der Waals surface area contributed by atoms with Crippen LogP contribution in [0.1, 0.15) is 43.7 Å². The molecule has 1 saturated heterocycles. The first-order chi connectivity index (χ1) is 10.6. The van der Waals surface area contributed by atoms with Crippen molar-refractivity contribution in [1.29, 1.82) is 0 Å². The summed E-state index contributed by atoms with van der Waals surface area (Å²) in [5, 5.41) is 3.02. The van der Waals surface area contributed by atoms with E-state index in [1.165, 1.54) is 0 Å². The molecule has 1 saturated carbocycles. The van der Waals surface area contributed by atoms with Crippen LogP contribution in [0.5, 0.6) is 0 Å². The first kappa shape index (κ1) is 15.0. The summed E-state index contributed by atoms with van der Waals surface area (Å²) in [4.78, 5) is 26.3. The van der Waals surface area contributed by atoms with Gasteiger partial charge in [0.15, 0.2) is 0 Å². The Balaban J connectivity index is 1.69. The molecule has 1 aliphatic carbocycles. The molecule has 2 fully saturated rings. The highest BCUT2D eigenvalue weighted by atomic mass is 16.2. The van der Waals surface area contributed by atoms with Crippen LogP contribution < -0.4 is 11.1 Å². The molecule has 1 aliphatic heterocycles. The van der Waals surface area contributed by atoms with Crippen molar-refractivity contribution >= 4 is 11.8 Å². The molecule has 3 rings (SSSR count). The first-order valence-electron chi connectivity index (χ1n) is 8.04. The predicted molar refractivity (Wildman–Crippen MR) is 83.9 cm³/mol. The molecule has 5 heteroatoms. The van der Waals surface area contributed by atoms with E-state index < -0.39 is 0 Å². The van der Waals surface area contributed by atoms with Crippen LogP contribution in [-0.2, 0) is 9.59 Å². The number of nitrogens with one attached hydrogen (secondary N) is 1. The molecule has 5 nitrogen and oxygen atoms in total. The highest BCUT2D eigenvalue weighted by Crippen LogP contribution is 2.27. The number of hydrogen-bond acceptors (Lipinski definition) is 3. The van der Waals surface area contributed by atoms with Gasteiger partial charge < -0.3 is 16.0 Å². The van der Waals surface area contributed by atoms with E-state index in [4.69, 9.17) is 5.73 Å². The SMILES string of the molecule is NC(CC(=O)N1CC(=O)NC2CCCCC21)c1ccccc1. The Labute approximate surface area is 130 Å². The average Bonchev–Trinajstić information content (AvgIpc) is 2.54. The minimum Gasteiger partial charge on any atom is -0.350 e. The largest absolute Gasteiger partial charge is 0.350 e.